The standard InChI is InChI=1S/C24H27ClFN5O/c1-15-9-11-29(13-15)23-16(2)14-31-21(27-23)12-19(28-31)20-8-3-4-10-30(20)24(32)22-17(25)6-5-7-18(22)26/h5-7,12,14-15,20H,3-4,8-11,13H2,1-2H3/t15-,20-/m0/s1. The first-order valence-electron chi connectivity index (χ1n) is 11.3. The van der Waals surface area contributed by atoms with Crippen molar-refractivity contribution in [1.29, 1.82) is 0 Å². The van der Waals surface area contributed by atoms with Gasteiger partial charge in [0.05, 0.1) is 22.3 Å². The molecule has 0 aliphatic carbocycles. The number of benzene rings is 1. The first-order chi connectivity index (χ1) is 15.4. The zero-order valence-electron chi connectivity index (χ0n) is 18.4. The molecule has 1 amide bonds. The van der Waals surface area contributed by atoms with Crippen molar-refractivity contribution < 1.29 is 9.18 Å². The first kappa shape index (κ1) is 21.2. The fourth-order valence-electron chi connectivity index (χ4n) is 4.96. The molecule has 2 aliphatic rings. The molecule has 0 N–H and O–H groups in total. The van der Waals surface area contributed by atoms with E-state index in [-0.39, 0.29) is 22.5 Å². The summed E-state index contributed by atoms with van der Waals surface area (Å²) >= 11 is 6.19. The maximum Gasteiger partial charge on any atom is 0.258 e. The maximum atomic E-state index is 14.5. The molecule has 0 unspecified atom stereocenters. The molecule has 32 heavy (non-hydrogen) atoms. The fraction of sp³-hybridized carbons (Fsp3) is 0.458. The number of amides is 1. The summed E-state index contributed by atoms with van der Waals surface area (Å²) in [5.74, 6) is 0.692. The fourth-order valence-corrected chi connectivity index (χ4v) is 5.20. The third-order valence-corrected chi connectivity index (χ3v) is 6.94. The number of rotatable bonds is 3. The van der Waals surface area contributed by atoms with Gasteiger partial charge in [0.1, 0.15) is 11.6 Å². The van der Waals surface area contributed by atoms with Crippen LogP contribution in [0.1, 0.15) is 60.3 Å². The van der Waals surface area contributed by atoms with Crippen LogP contribution in [-0.4, -0.2) is 45.0 Å². The first-order valence-corrected chi connectivity index (χ1v) is 11.7. The molecule has 1 aromatic carbocycles. The number of aromatic nitrogens is 3. The summed E-state index contributed by atoms with van der Waals surface area (Å²) < 4.78 is 16.2. The van der Waals surface area contributed by atoms with Gasteiger partial charge >= 0.3 is 0 Å². The summed E-state index contributed by atoms with van der Waals surface area (Å²) in [6.45, 7) is 6.90. The lowest BCUT2D eigenvalue weighted by Crippen LogP contribution is -2.39. The van der Waals surface area contributed by atoms with E-state index in [0.29, 0.717) is 12.5 Å². The number of aryl methyl sites for hydroxylation is 1. The highest BCUT2D eigenvalue weighted by atomic mass is 35.5. The van der Waals surface area contributed by atoms with Crippen LogP contribution in [0.3, 0.4) is 0 Å². The molecule has 2 atom stereocenters. The Balaban J connectivity index is 1.49. The number of piperidine rings is 1. The lowest BCUT2D eigenvalue weighted by atomic mass is 9.98. The molecule has 2 fully saturated rings. The van der Waals surface area contributed by atoms with E-state index < -0.39 is 5.82 Å². The van der Waals surface area contributed by atoms with Crippen LogP contribution in [-0.2, 0) is 0 Å². The van der Waals surface area contributed by atoms with E-state index in [1.165, 1.54) is 18.6 Å². The largest absolute Gasteiger partial charge is 0.356 e. The van der Waals surface area contributed by atoms with Crippen LogP contribution in [0.5, 0.6) is 0 Å². The molecular formula is C24H27ClFN5O. The van der Waals surface area contributed by atoms with Gasteiger partial charge in [-0.25, -0.2) is 13.9 Å². The van der Waals surface area contributed by atoms with Crippen LogP contribution in [0.25, 0.3) is 5.65 Å². The summed E-state index contributed by atoms with van der Waals surface area (Å²) in [6, 6.07) is 6.06. The van der Waals surface area contributed by atoms with Gasteiger partial charge in [-0.1, -0.05) is 24.6 Å². The maximum absolute atomic E-state index is 14.5. The van der Waals surface area contributed by atoms with Gasteiger partial charge in [-0.2, -0.15) is 5.10 Å². The molecule has 2 aromatic heterocycles. The molecule has 4 heterocycles. The summed E-state index contributed by atoms with van der Waals surface area (Å²) in [5, 5.41) is 4.90. The number of hydrogen-bond acceptors (Lipinski definition) is 4. The molecule has 3 aromatic rings. The lowest BCUT2D eigenvalue weighted by molar-refractivity contribution is 0.0601. The SMILES string of the molecule is Cc1cn2nc([C@@H]3CCCCN3C(=O)c3c(F)cccc3Cl)cc2nc1N1CC[C@H](C)C1. The molecule has 0 spiro atoms. The Morgan fingerprint density at radius 1 is 1.22 bits per heavy atom. The Morgan fingerprint density at radius 2 is 2.06 bits per heavy atom. The number of hydrogen-bond donors (Lipinski definition) is 0. The Morgan fingerprint density at radius 3 is 2.81 bits per heavy atom. The second kappa shape index (κ2) is 8.35. The Hall–Kier alpha value is -2.67. The van der Waals surface area contributed by atoms with E-state index in [9.17, 15) is 9.18 Å². The normalized spacial score (nSPS) is 21.5. The van der Waals surface area contributed by atoms with Gasteiger partial charge in [-0.05, 0) is 50.7 Å². The quantitative estimate of drug-likeness (QED) is 0.555. The average molecular weight is 456 g/mol. The lowest BCUT2D eigenvalue weighted by Gasteiger charge is -2.35. The Bertz CT molecular complexity index is 1160. The van der Waals surface area contributed by atoms with E-state index in [1.54, 1.807) is 15.5 Å². The third kappa shape index (κ3) is 3.72. The van der Waals surface area contributed by atoms with Crippen LogP contribution in [0.4, 0.5) is 10.2 Å². The van der Waals surface area contributed by atoms with Gasteiger partial charge in [0.2, 0.25) is 0 Å². The topological polar surface area (TPSA) is 53.7 Å². The average Bonchev–Trinajstić information content (AvgIpc) is 3.38. The molecule has 0 saturated carbocycles. The van der Waals surface area contributed by atoms with Gasteiger partial charge < -0.3 is 9.80 Å². The number of carbonyl (C=O) groups excluding carboxylic acids is 1. The van der Waals surface area contributed by atoms with Crippen LogP contribution >= 0.6 is 11.6 Å². The summed E-state index contributed by atoms with van der Waals surface area (Å²) in [4.78, 5) is 22.3. The minimum Gasteiger partial charge on any atom is -0.356 e. The van der Waals surface area contributed by atoms with E-state index in [0.717, 1.165) is 55.1 Å². The van der Waals surface area contributed by atoms with E-state index in [2.05, 4.69) is 18.7 Å². The Kier molecular flexibility index (Phi) is 5.53. The summed E-state index contributed by atoms with van der Waals surface area (Å²) in [5.41, 5.74) is 2.56. The highest BCUT2D eigenvalue weighted by Crippen LogP contribution is 2.34. The monoisotopic (exact) mass is 455 g/mol. The van der Waals surface area contributed by atoms with Crippen molar-refractivity contribution in [2.24, 2.45) is 5.92 Å². The Labute approximate surface area is 192 Å². The van der Waals surface area contributed by atoms with E-state index >= 15 is 0 Å². The summed E-state index contributed by atoms with van der Waals surface area (Å²) in [7, 11) is 0. The van der Waals surface area contributed by atoms with Gasteiger partial charge in [0, 0.05) is 37.5 Å². The van der Waals surface area contributed by atoms with Gasteiger partial charge in [-0.3, -0.25) is 4.79 Å². The van der Waals surface area contributed by atoms with Crippen LogP contribution in [0.2, 0.25) is 5.02 Å². The molecule has 5 rings (SSSR count). The zero-order valence-corrected chi connectivity index (χ0v) is 19.1. The number of fused-ring (bicyclic) bond motifs is 1. The molecule has 2 saturated heterocycles. The van der Waals surface area contributed by atoms with Crippen molar-refractivity contribution in [3.63, 3.8) is 0 Å². The minimum atomic E-state index is -0.594. The van der Waals surface area contributed by atoms with Crippen LogP contribution in [0, 0.1) is 18.7 Å². The zero-order chi connectivity index (χ0) is 22.4. The molecule has 0 radical (unpaired) electrons. The van der Waals surface area contributed by atoms with Crippen LogP contribution < -0.4 is 4.90 Å². The molecular weight excluding hydrogens is 429 g/mol. The highest BCUT2D eigenvalue weighted by Gasteiger charge is 2.33. The van der Waals surface area contributed by atoms with Crippen molar-refractivity contribution in [1.82, 2.24) is 19.5 Å². The highest BCUT2D eigenvalue weighted by molar-refractivity contribution is 6.33. The van der Waals surface area contributed by atoms with Crippen molar-refractivity contribution >= 4 is 29.0 Å². The van der Waals surface area contributed by atoms with Crippen molar-refractivity contribution in [3.05, 3.63) is 58.1 Å². The number of halogens is 2. The predicted octanol–water partition coefficient (Wildman–Crippen LogP) is 5.04. The molecule has 6 nitrogen and oxygen atoms in total. The smallest absolute Gasteiger partial charge is 0.258 e. The molecule has 8 heteroatoms. The van der Waals surface area contributed by atoms with E-state index in [1.807, 2.05) is 12.3 Å². The molecule has 2 aliphatic heterocycles. The summed E-state index contributed by atoms with van der Waals surface area (Å²) in [6.07, 6.45) is 5.81. The van der Waals surface area contributed by atoms with Crippen molar-refractivity contribution in [3.8, 4) is 0 Å². The number of likely N-dealkylation sites (tertiary alicyclic amines) is 1. The van der Waals surface area contributed by atoms with Gasteiger partial charge in [-0.15, -0.1) is 0 Å². The second-order valence-corrected chi connectivity index (χ2v) is 9.47. The molecule has 168 valence electrons. The van der Waals surface area contributed by atoms with Crippen molar-refractivity contribution in [2.75, 3.05) is 24.5 Å². The molecule has 0 bridgehead atoms. The number of carbonyl (C=O) groups is 1. The second-order valence-electron chi connectivity index (χ2n) is 9.07. The van der Waals surface area contributed by atoms with Crippen molar-refractivity contribution in [2.45, 2.75) is 45.6 Å². The van der Waals surface area contributed by atoms with Gasteiger partial charge in [0.15, 0.2) is 5.65 Å². The van der Waals surface area contributed by atoms with Crippen LogP contribution in [0.15, 0.2) is 30.5 Å². The number of anilines is 1. The number of nitrogens with zero attached hydrogens (tertiary/aromatic N) is 5. The third-order valence-electron chi connectivity index (χ3n) is 6.63. The predicted molar refractivity (Wildman–Crippen MR) is 123 cm³/mol. The minimum absolute atomic E-state index is 0.0655. The van der Waals surface area contributed by atoms with Gasteiger partial charge in [0.25, 0.3) is 5.91 Å². The van der Waals surface area contributed by atoms with E-state index in [4.69, 9.17) is 21.7 Å².